The van der Waals surface area contributed by atoms with Crippen molar-refractivity contribution in [3.8, 4) is 0 Å². The lowest BCUT2D eigenvalue weighted by molar-refractivity contribution is 0.197. The average Bonchev–Trinajstić information content (AvgIpc) is 2.70. The van der Waals surface area contributed by atoms with Crippen LogP contribution in [0.25, 0.3) is 0 Å². The minimum absolute atomic E-state index is 0. The van der Waals surface area contributed by atoms with Crippen LogP contribution in [-0.4, -0.2) is 75.2 Å². The van der Waals surface area contributed by atoms with E-state index in [2.05, 4.69) is 68.9 Å². The lowest BCUT2D eigenvalue weighted by Gasteiger charge is -2.39. The summed E-state index contributed by atoms with van der Waals surface area (Å²) in [6.45, 7) is 8.63. The molecule has 1 saturated heterocycles. The maximum absolute atomic E-state index is 4.34. The molecule has 2 N–H and O–H groups in total. The zero-order valence-corrected chi connectivity index (χ0v) is 20.1. The third-order valence-electron chi connectivity index (χ3n) is 4.92. The number of anilines is 1. The Labute approximate surface area is 186 Å². The number of guanidine groups is 1. The molecule has 1 aromatic rings. The summed E-state index contributed by atoms with van der Waals surface area (Å²) in [6.07, 6.45) is 4.61. The molecule has 1 aromatic carbocycles. The fraction of sp³-hybridized carbons (Fsp3) is 0.650. The zero-order valence-electron chi connectivity index (χ0n) is 17.0. The van der Waals surface area contributed by atoms with Crippen molar-refractivity contribution >= 4 is 47.4 Å². The normalized spacial score (nSPS) is 16.6. The van der Waals surface area contributed by atoms with Crippen LogP contribution in [0.3, 0.4) is 0 Å². The number of piperazine rings is 1. The van der Waals surface area contributed by atoms with Gasteiger partial charge in [0.15, 0.2) is 5.96 Å². The van der Waals surface area contributed by atoms with E-state index in [1.165, 1.54) is 24.3 Å². The van der Waals surface area contributed by atoms with Gasteiger partial charge in [-0.05, 0) is 43.9 Å². The van der Waals surface area contributed by atoms with E-state index < -0.39 is 0 Å². The summed E-state index contributed by atoms with van der Waals surface area (Å²) in [7, 11) is 1.85. The van der Waals surface area contributed by atoms with Crippen LogP contribution >= 0.6 is 35.7 Å². The van der Waals surface area contributed by atoms with Gasteiger partial charge < -0.3 is 15.5 Å². The summed E-state index contributed by atoms with van der Waals surface area (Å²) < 4.78 is 0. The van der Waals surface area contributed by atoms with Crippen LogP contribution < -0.4 is 15.5 Å². The van der Waals surface area contributed by atoms with E-state index in [0.29, 0.717) is 6.04 Å². The zero-order chi connectivity index (χ0) is 18.6. The van der Waals surface area contributed by atoms with Crippen LogP contribution in [-0.2, 0) is 0 Å². The third kappa shape index (κ3) is 8.91. The number of hydrogen-bond donors (Lipinski definition) is 2. The Hall–Kier alpha value is -0.670. The van der Waals surface area contributed by atoms with Gasteiger partial charge in [0.05, 0.1) is 0 Å². The largest absolute Gasteiger partial charge is 0.369 e. The molecule has 1 atom stereocenters. The molecule has 5 nitrogen and oxygen atoms in total. The Morgan fingerprint density at radius 3 is 2.44 bits per heavy atom. The number of benzene rings is 1. The van der Waals surface area contributed by atoms with Crippen LogP contribution in [0.4, 0.5) is 5.69 Å². The summed E-state index contributed by atoms with van der Waals surface area (Å²) in [5, 5.41) is 6.90. The van der Waals surface area contributed by atoms with Crippen LogP contribution in [0.5, 0.6) is 0 Å². The van der Waals surface area contributed by atoms with Crippen LogP contribution in [0.15, 0.2) is 35.3 Å². The highest BCUT2D eigenvalue weighted by Gasteiger charge is 2.21. The van der Waals surface area contributed by atoms with Crippen molar-refractivity contribution in [1.29, 1.82) is 0 Å². The number of unbranched alkanes of at least 4 members (excludes halogenated alkanes) is 1. The Morgan fingerprint density at radius 2 is 1.81 bits per heavy atom. The second-order valence-corrected chi connectivity index (χ2v) is 7.77. The number of hydrogen-bond acceptors (Lipinski definition) is 4. The summed E-state index contributed by atoms with van der Waals surface area (Å²) in [5.74, 6) is 2.16. The topological polar surface area (TPSA) is 42.9 Å². The Kier molecular flexibility index (Phi) is 12.9. The monoisotopic (exact) mass is 505 g/mol. The van der Waals surface area contributed by atoms with Gasteiger partial charge in [-0.2, -0.15) is 11.8 Å². The number of thioether (sulfide) groups is 1. The molecule has 0 radical (unpaired) electrons. The van der Waals surface area contributed by atoms with E-state index in [0.717, 1.165) is 45.2 Å². The molecule has 154 valence electrons. The molecule has 0 spiro atoms. The van der Waals surface area contributed by atoms with Crippen LogP contribution in [0.1, 0.15) is 19.8 Å². The van der Waals surface area contributed by atoms with Gasteiger partial charge in [-0.1, -0.05) is 18.2 Å². The first-order valence-corrected chi connectivity index (χ1v) is 11.1. The molecule has 1 aliphatic heterocycles. The Morgan fingerprint density at radius 1 is 1.11 bits per heavy atom. The molecular formula is C20H36IN5S. The number of nitrogens with one attached hydrogen (secondary N) is 2. The summed E-state index contributed by atoms with van der Waals surface area (Å²) in [6, 6.07) is 11.2. The molecule has 1 fully saturated rings. The van der Waals surface area contributed by atoms with Crippen molar-refractivity contribution in [1.82, 2.24) is 15.5 Å². The van der Waals surface area contributed by atoms with Gasteiger partial charge in [0, 0.05) is 58.0 Å². The van der Waals surface area contributed by atoms with Gasteiger partial charge >= 0.3 is 0 Å². The molecule has 0 aliphatic carbocycles. The van der Waals surface area contributed by atoms with Gasteiger partial charge in [-0.15, -0.1) is 24.0 Å². The summed E-state index contributed by atoms with van der Waals surface area (Å²) in [5.41, 5.74) is 1.34. The van der Waals surface area contributed by atoms with Crippen molar-refractivity contribution in [2.24, 2.45) is 4.99 Å². The lowest BCUT2D eigenvalue weighted by Crippen LogP contribution is -2.53. The molecule has 1 unspecified atom stereocenters. The molecule has 0 saturated carbocycles. The van der Waals surface area contributed by atoms with Gasteiger partial charge in [-0.3, -0.25) is 9.89 Å². The standard InChI is InChI=1S/C20H35N5S.HI/c1-18(17-23-20(21-2)22-11-7-8-16-26-3)24-12-14-25(15-13-24)19-9-5-4-6-10-19;/h4-6,9-10,18H,7-8,11-17H2,1-3H3,(H2,21,22,23);1H. The second kappa shape index (κ2) is 14.3. The fourth-order valence-electron chi connectivity index (χ4n) is 3.23. The summed E-state index contributed by atoms with van der Waals surface area (Å²) >= 11 is 1.91. The number of para-hydroxylation sites is 1. The molecular weight excluding hydrogens is 469 g/mol. The number of aliphatic imine (C=N–C) groups is 1. The van der Waals surface area contributed by atoms with Crippen molar-refractivity contribution < 1.29 is 0 Å². The summed E-state index contributed by atoms with van der Waals surface area (Å²) in [4.78, 5) is 9.38. The van der Waals surface area contributed by atoms with Gasteiger partial charge in [0.2, 0.25) is 0 Å². The highest BCUT2D eigenvalue weighted by Crippen LogP contribution is 2.16. The highest BCUT2D eigenvalue weighted by atomic mass is 127. The van der Waals surface area contributed by atoms with Crippen molar-refractivity contribution in [3.63, 3.8) is 0 Å². The van der Waals surface area contributed by atoms with Crippen molar-refractivity contribution in [2.75, 3.05) is 63.2 Å². The predicted molar refractivity (Wildman–Crippen MR) is 132 cm³/mol. The second-order valence-electron chi connectivity index (χ2n) is 6.79. The first-order chi connectivity index (χ1) is 12.7. The molecule has 0 bridgehead atoms. The quantitative estimate of drug-likeness (QED) is 0.234. The molecule has 0 amide bonds. The molecule has 7 heteroatoms. The van der Waals surface area contributed by atoms with Crippen molar-refractivity contribution in [2.45, 2.75) is 25.8 Å². The van der Waals surface area contributed by atoms with Gasteiger partial charge in [-0.25, -0.2) is 0 Å². The highest BCUT2D eigenvalue weighted by molar-refractivity contribution is 14.0. The van der Waals surface area contributed by atoms with E-state index in [4.69, 9.17) is 0 Å². The lowest BCUT2D eigenvalue weighted by atomic mass is 10.2. The average molecular weight is 506 g/mol. The maximum Gasteiger partial charge on any atom is 0.191 e. The van der Waals surface area contributed by atoms with Crippen LogP contribution in [0, 0.1) is 0 Å². The van der Waals surface area contributed by atoms with Gasteiger partial charge in [0.25, 0.3) is 0 Å². The Balaban J connectivity index is 0.00000364. The third-order valence-corrected chi connectivity index (χ3v) is 5.61. The number of halogens is 1. The predicted octanol–water partition coefficient (Wildman–Crippen LogP) is 3.12. The minimum Gasteiger partial charge on any atom is -0.369 e. The van der Waals surface area contributed by atoms with Crippen molar-refractivity contribution in [3.05, 3.63) is 30.3 Å². The van der Waals surface area contributed by atoms with E-state index in [1.807, 2.05) is 18.8 Å². The van der Waals surface area contributed by atoms with E-state index in [9.17, 15) is 0 Å². The van der Waals surface area contributed by atoms with E-state index >= 15 is 0 Å². The number of nitrogens with zero attached hydrogens (tertiary/aromatic N) is 3. The van der Waals surface area contributed by atoms with Gasteiger partial charge in [0.1, 0.15) is 0 Å². The first-order valence-electron chi connectivity index (χ1n) is 9.72. The maximum atomic E-state index is 4.34. The molecule has 2 rings (SSSR count). The Bertz CT molecular complexity index is 520. The SMILES string of the molecule is CN=C(NCCCCSC)NCC(C)N1CCN(c2ccccc2)CC1.I. The molecule has 1 heterocycles. The van der Waals surface area contributed by atoms with E-state index in [-0.39, 0.29) is 24.0 Å². The fourth-order valence-corrected chi connectivity index (χ4v) is 3.72. The first kappa shape index (κ1) is 24.4. The van der Waals surface area contributed by atoms with Crippen LogP contribution in [0.2, 0.25) is 0 Å². The number of rotatable bonds is 9. The minimum atomic E-state index is 0. The smallest absolute Gasteiger partial charge is 0.191 e. The van der Waals surface area contributed by atoms with E-state index in [1.54, 1.807) is 0 Å². The molecule has 0 aromatic heterocycles. The molecule has 27 heavy (non-hydrogen) atoms. The molecule has 1 aliphatic rings.